The van der Waals surface area contributed by atoms with Crippen LogP contribution in [0.3, 0.4) is 0 Å². The van der Waals surface area contributed by atoms with Gasteiger partial charge in [0.05, 0.1) is 12.2 Å². The molecule has 0 aromatic heterocycles. The molecule has 0 bridgehead atoms. The monoisotopic (exact) mass is 270 g/mol. The third-order valence-corrected chi connectivity index (χ3v) is 2.68. The molecule has 2 aromatic rings. The van der Waals surface area contributed by atoms with Crippen molar-refractivity contribution in [2.24, 2.45) is 0 Å². The largest absolute Gasteiger partial charge is 0.462 e. The van der Waals surface area contributed by atoms with Gasteiger partial charge in [0.15, 0.2) is 0 Å². The molecule has 2 aromatic carbocycles. The van der Waals surface area contributed by atoms with Crippen molar-refractivity contribution in [3.8, 4) is 0 Å². The van der Waals surface area contributed by atoms with E-state index >= 15 is 0 Å². The Bertz CT molecular complexity index is 477. The van der Waals surface area contributed by atoms with Crippen LogP contribution in [-0.2, 0) is 4.74 Å². The quantitative estimate of drug-likeness (QED) is 0.597. The molecule has 20 heavy (non-hydrogen) atoms. The van der Waals surface area contributed by atoms with Crippen molar-refractivity contribution >= 4 is 5.97 Å². The minimum Gasteiger partial charge on any atom is -0.462 e. The van der Waals surface area contributed by atoms with Crippen LogP contribution in [0.5, 0.6) is 0 Å². The fraction of sp³-hybridized carbons (Fsp3) is 0.278. The van der Waals surface area contributed by atoms with Crippen molar-refractivity contribution in [2.75, 3.05) is 6.61 Å². The lowest BCUT2D eigenvalue weighted by Crippen LogP contribution is -2.05. The van der Waals surface area contributed by atoms with E-state index in [0.717, 1.165) is 12.8 Å². The molecule has 106 valence electrons. The zero-order valence-corrected chi connectivity index (χ0v) is 12.2. The van der Waals surface area contributed by atoms with Crippen LogP contribution in [-0.4, -0.2) is 12.6 Å². The average molecular weight is 270 g/mol. The van der Waals surface area contributed by atoms with Crippen molar-refractivity contribution in [1.29, 1.82) is 0 Å². The molecule has 2 heteroatoms. The van der Waals surface area contributed by atoms with Crippen LogP contribution >= 0.6 is 0 Å². The molecule has 0 fully saturated rings. The normalized spacial score (nSPS) is 9.30. The van der Waals surface area contributed by atoms with Crippen molar-refractivity contribution in [3.63, 3.8) is 0 Å². The lowest BCUT2D eigenvalue weighted by atomic mass is 10.2. The van der Waals surface area contributed by atoms with Crippen LogP contribution in [0.25, 0.3) is 0 Å². The SMILES string of the molecule is CCCCOC(=O)c1ccccc1.Cc1ccccc1. The molecular formula is C18H22O2. The van der Waals surface area contributed by atoms with Gasteiger partial charge in [-0.15, -0.1) is 0 Å². The first-order valence-electron chi connectivity index (χ1n) is 6.98. The highest BCUT2D eigenvalue weighted by Gasteiger charge is 2.03. The molecule has 0 spiro atoms. The topological polar surface area (TPSA) is 26.3 Å². The maximum absolute atomic E-state index is 11.3. The van der Waals surface area contributed by atoms with E-state index in [4.69, 9.17) is 4.74 Å². The first-order valence-corrected chi connectivity index (χ1v) is 6.98. The standard InChI is InChI=1S/C11H14O2.C7H8/c1-2-3-9-13-11(12)10-7-5-4-6-8-10;1-7-5-3-2-4-6-7/h4-8H,2-3,9H2,1H3;2-6H,1H3. The first kappa shape index (κ1) is 16.0. The molecule has 0 saturated heterocycles. The number of carbonyl (C=O) groups is 1. The van der Waals surface area contributed by atoms with Gasteiger partial charge in [0.1, 0.15) is 0 Å². The van der Waals surface area contributed by atoms with Crippen LogP contribution in [0.1, 0.15) is 35.7 Å². The van der Waals surface area contributed by atoms with Gasteiger partial charge >= 0.3 is 5.97 Å². The van der Waals surface area contributed by atoms with E-state index in [2.05, 4.69) is 26.0 Å². The second-order valence-electron chi connectivity index (χ2n) is 4.51. The van der Waals surface area contributed by atoms with Crippen molar-refractivity contribution in [3.05, 3.63) is 71.8 Å². The number of rotatable bonds is 4. The minimum absolute atomic E-state index is 0.228. The van der Waals surface area contributed by atoms with Gasteiger partial charge in [-0.2, -0.15) is 0 Å². The Kier molecular flexibility index (Phi) is 7.82. The summed E-state index contributed by atoms with van der Waals surface area (Å²) in [5, 5.41) is 0. The van der Waals surface area contributed by atoms with E-state index in [0.29, 0.717) is 12.2 Å². The smallest absolute Gasteiger partial charge is 0.338 e. The summed E-state index contributed by atoms with van der Waals surface area (Å²) >= 11 is 0. The predicted octanol–water partition coefficient (Wildman–Crippen LogP) is 4.64. The number of hydrogen-bond donors (Lipinski definition) is 0. The van der Waals surface area contributed by atoms with Gasteiger partial charge in [-0.05, 0) is 25.5 Å². The maximum atomic E-state index is 11.3. The van der Waals surface area contributed by atoms with Crippen LogP contribution in [0.4, 0.5) is 0 Å². The molecule has 0 aliphatic heterocycles. The second-order valence-corrected chi connectivity index (χ2v) is 4.51. The number of aryl methyl sites for hydroxylation is 1. The van der Waals surface area contributed by atoms with E-state index in [1.165, 1.54) is 5.56 Å². The number of benzene rings is 2. The summed E-state index contributed by atoms with van der Waals surface area (Å²) in [6, 6.07) is 19.3. The Morgan fingerprint density at radius 2 is 1.50 bits per heavy atom. The van der Waals surface area contributed by atoms with E-state index in [9.17, 15) is 4.79 Å². The average Bonchev–Trinajstić information content (AvgIpc) is 2.50. The van der Waals surface area contributed by atoms with Gasteiger partial charge in [-0.3, -0.25) is 0 Å². The molecule has 0 aliphatic carbocycles. The third-order valence-electron chi connectivity index (χ3n) is 2.68. The molecule has 0 heterocycles. The van der Waals surface area contributed by atoms with Crippen molar-refractivity contribution in [1.82, 2.24) is 0 Å². The number of hydrogen-bond acceptors (Lipinski definition) is 2. The Hall–Kier alpha value is -2.09. The first-order chi connectivity index (χ1) is 9.74. The maximum Gasteiger partial charge on any atom is 0.338 e. The van der Waals surface area contributed by atoms with E-state index < -0.39 is 0 Å². The second kappa shape index (κ2) is 9.79. The molecule has 2 rings (SSSR count). The summed E-state index contributed by atoms with van der Waals surface area (Å²) < 4.78 is 5.03. The predicted molar refractivity (Wildman–Crippen MR) is 82.8 cm³/mol. The third kappa shape index (κ3) is 6.74. The van der Waals surface area contributed by atoms with Gasteiger partial charge in [-0.25, -0.2) is 4.79 Å². The van der Waals surface area contributed by atoms with Gasteiger partial charge in [0.25, 0.3) is 0 Å². The van der Waals surface area contributed by atoms with Crippen LogP contribution in [0.15, 0.2) is 60.7 Å². The summed E-state index contributed by atoms with van der Waals surface area (Å²) in [4.78, 5) is 11.3. The molecular weight excluding hydrogens is 248 g/mol. The summed E-state index contributed by atoms with van der Waals surface area (Å²) in [6.07, 6.45) is 1.97. The zero-order valence-electron chi connectivity index (χ0n) is 12.2. The van der Waals surface area contributed by atoms with Crippen LogP contribution in [0.2, 0.25) is 0 Å². The highest BCUT2D eigenvalue weighted by molar-refractivity contribution is 5.89. The number of unbranched alkanes of at least 4 members (excludes halogenated alkanes) is 1. The molecule has 0 amide bonds. The van der Waals surface area contributed by atoms with E-state index in [-0.39, 0.29) is 5.97 Å². The van der Waals surface area contributed by atoms with Crippen molar-refractivity contribution < 1.29 is 9.53 Å². The van der Waals surface area contributed by atoms with Crippen LogP contribution < -0.4 is 0 Å². The number of carbonyl (C=O) groups excluding carboxylic acids is 1. The molecule has 0 atom stereocenters. The zero-order chi connectivity index (χ0) is 14.6. The Morgan fingerprint density at radius 1 is 0.950 bits per heavy atom. The summed E-state index contributed by atoms with van der Waals surface area (Å²) in [7, 11) is 0. The summed E-state index contributed by atoms with van der Waals surface area (Å²) in [6.45, 7) is 4.67. The van der Waals surface area contributed by atoms with Crippen LogP contribution in [0, 0.1) is 6.92 Å². The molecule has 2 nitrogen and oxygen atoms in total. The Morgan fingerprint density at radius 3 is 1.95 bits per heavy atom. The summed E-state index contributed by atoms with van der Waals surface area (Å²) in [5.41, 5.74) is 1.95. The van der Waals surface area contributed by atoms with Gasteiger partial charge < -0.3 is 4.74 Å². The van der Waals surface area contributed by atoms with E-state index in [1.54, 1.807) is 12.1 Å². The summed E-state index contributed by atoms with van der Waals surface area (Å²) in [5.74, 6) is -0.228. The Labute approximate surface area is 121 Å². The molecule has 0 N–H and O–H groups in total. The van der Waals surface area contributed by atoms with Gasteiger partial charge in [-0.1, -0.05) is 67.4 Å². The van der Waals surface area contributed by atoms with E-state index in [1.807, 2.05) is 36.4 Å². The lowest BCUT2D eigenvalue weighted by molar-refractivity contribution is 0.0500. The fourth-order valence-corrected chi connectivity index (χ4v) is 1.50. The molecule has 0 saturated carbocycles. The number of ether oxygens (including phenoxy) is 1. The van der Waals surface area contributed by atoms with Gasteiger partial charge in [0.2, 0.25) is 0 Å². The molecule has 0 aliphatic rings. The fourth-order valence-electron chi connectivity index (χ4n) is 1.50. The minimum atomic E-state index is -0.228. The highest BCUT2D eigenvalue weighted by atomic mass is 16.5. The highest BCUT2D eigenvalue weighted by Crippen LogP contribution is 2.01. The van der Waals surface area contributed by atoms with Crippen molar-refractivity contribution in [2.45, 2.75) is 26.7 Å². The molecule has 0 unspecified atom stereocenters. The lowest BCUT2D eigenvalue weighted by Gasteiger charge is -2.02. The Balaban J connectivity index is 0.000000240. The molecule has 0 radical (unpaired) electrons. The van der Waals surface area contributed by atoms with Gasteiger partial charge in [0, 0.05) is 0 Å². The number of esters is 1.